The molecule has 4 rings (SSSR count). The molecule has 4 fully saturated rings. The molecule has 0 radical (unpaired) electrons. The van der Waals surface area contributed by atoms with E-state index in [1.54, 1.807) is 104 Å². The number of alkyl halides is 1. The third kappa shape index (κ3) is 21.6. The molecule has 0 aromatic carbocycles. The summed E-state index contributed by atoms with van der Waals surface area (Å²) in [6, 6.07) is -4.45. The van der Waals surface area contributed by atoms with Crippen LogP contribution in [0.4, 0.5) is 24.0 Å². The molecule has 79 heavy (non-hydrogen) atoms. The van der Waals surface area contributed by atoms with Crippen molar-refractivity contribution in [2.75, 3.05) is 23.9 Å². The summed E-state index contributed by atoms with van der Waals surface area (Å²) < 4.78 is 65.5. The van der Waals surface area contributed by atoms with Gasteiger partial charge in [-0.2, -0.15) is 12.6 Å². The number of hydrogen-bond donors (Lipinski definition) is 12. The number of carbonyl (C=O) groups is 5. The summed E-state index contributed by atoms with van der Waals surface area (Å²) in [7, 11) is 0. The molecule has 27 nitrogen and oxygen atoms in total. The van der Waals surface area contributed by atoms with E-state index in [1.165, 1.54) is 11.8 Å². The van der Waals surface area contributed by atoms with Crippen molar-refractivity contribution < 1.29 is 107 Å². The van der Waals surface area contributed by atoms with Crippen LogP contribution in [0.3, 0.4) is 0 Å². The molecular formula is C49H86BrN5O22S2. The molecular weight excluding hydrogens is 1150 g/mol. The molecule has 1 saturated carbocycles. The van der Waals surface area contributed by atoms with Crippen LogP contribution in [-0.2, 0) is 52.1 Å². The van der Waals surface area contributed by atoms with Gasteiger partial charge in [-0.15, -0.1) is 11.8 Å². The quantitative estimate of drug-likeness (QED) is 0.0455. The number of aliphatic hydroxyl groups is 6. The number of hydrogen-bond acceptors (Lipinski definition) is 24. The van der Waals surface area contributed by atoms with E-state index in [2.05, 4.69) is 55.1 Å². The van der Waals surface area contributed by atoms with Gasteiger partial charge in [0.05, 0.1) is 18.2 Å². The van der Waals surface area contributed by atoms with Gasteiger partial charge in [-0.05, 0) is 110 Å². The summed E-state index contributed by atoms with van der Waals surface area (Å²) in [5.41, 5.74) is -4.89. The number of alkyl carbamates (subject to hydrolysis) is 5. The molecule has 1 aliphatic carbocycles. The summed E-state index contributed by atoms with van der Waals surface area (Å²) in [6.07, 6.45) is -29.5. The van der Waals surface area contributed by atoms with Crippen molar-refractivity contribution in [2.45, 2.75) is 253 Å². The van der Waals surface area contributed by atoms with E-state index >= 15 is 0 Å². The van der Waals surface area contributed by atoms with Crippen molar-refractivity contribution in [3.05, 3.63) is 0 Å². The van der Waals surface area contributed by atoms with E-state index in [9.17, 15) is 54.6 Å². The van der Waals surface area contributed by atoms with Crippen LogP contribution in [0.15, 0.2) is 0 Å². The Morgan fingerprint density at radius 3 is 1.23 bits per heavy atom. The van der Waals surface area contributed by atoms with Crippen LogP contribution >= 0.6 is 40.3 Å². The maximum atomic E-state index is 13.6. The highest BCUT2D eigenvalue weighted by atomic mass is 79.9. The van der Waals surface area contributed by atoms with Crippen LogP contribution in [0.5, 0.6) is 0 Å². The van der Waals surface area contributed by atoms with Gasteiger partial charge in [0.15, 0.2) is 18.9 Å². The average molecular weight is 1240 g/mol. The van der Waals surface area contributed by atoms with Crippen LogP contribution in [0.25, 0.3) is 0 Å². The zero-order valence-corrected chi connectivity index (χ0v) is 50.8. The number of amides is 5. The number of nitrogens with one attached hydrogen (secondary N) is 5. The molecule has 11 N–H and O–H groups in total. The summed E-state index contributed by atoms with van der Waals surface area (Å²) in [4.78, 5) is 64.8. The Labute approximate surface area is 479 Å². The van der Waals surface area contributed by atoms with Crippen LogP contribution in [-0.4, -0.2) is 228 Å². The topological polar surface area (TPSA) is 368 Å². The predicted octanol–water partition coefficient (Wildman–Crippen LogP) is 2.00. The molecule has 30 heteroatoms. The zero-order valence-electron chi connectivity index (χ0n) is 47.5. The lowest BCUT2D eigenvalue weighted by molar-refractivity contribution is -0.308. The number of halogens is 1. The molecule has 16 unspecified atom stereocenters. The van der Waals surface area contributed by atoms with Crippen LogP contribution in [0.1, 0.15) is 110 Å². The minimum Gasteiger partial charge on any atom is -0.444 e. The number of thioether (sulfide) groups is 1. The van der Waals surface area contributed by atoms with Gasteiger partial charge in [0.1, 0.15) is 101 Å². The molecule has 4 aliphatic rings. The lowest BCUT2D eigenvalue weighted by Crippen LogP contribution is -2.69. The third-order valence-corrected chi connectivity index (χ3v) is 13.8. The van der Waals surface area contributed by atoms with Crippen molar-refractivity contribution in [3.63, 3.8) is 0 Å². The van der Waals surface area contributed by atoms with E-state index in [0.29, 0.717) is 0 Å². The molecule has 5 amide bonds. The second-order valence-corrected chi connectivity index (χ2v) is 27.4. The maximum absolute atomic E-state index is 13.6. The van der Waals surface area contributed by atoms with Crippen LogP contribution < -0.4 is 26.6 Å². The first-order valence-corrected chi connectivity index (χ1v) is 28.6. The van der Waals surface area contributed by atoms with Crippen molar-refractivity contribution in [3.8, 4) is 0 Å². The molecule has 0 spiro atoms. The first-order valence-electron chi connectivity index (χ1n) is 25.9. The number of carbonyl (C=O) groups excluding carboxylic acids is 5. The van der Waals surface area contributed by atoms with Crippen LogP contribution in [0, 0.1) is 0 Å². The Kier molecular flexibility index (Phi) is 24.4. The molecule has 0 aromatic rings. The Balaban J connectivity index is 1.77. The van der Waals surface area contributed by atoms with E-state index in [1.807, 2.05) is 0 Å². The Bertz CT molecular complexity index is 2020. The molecule has 458 valence electrons. The van der Waals surface area contributed by atoms with Gasteiger partial charge in [-0.1, -0.05) is 15.9 Å². The SMILES string of the molecule is CC(C)(C)OC(=O)NCC1OC(OC2C(NC(=O)OC(C)(C)C)CC(Br)C(O)C2O[C@@H]2O[C@H](CSCS)C(OC3OC(CNC(=O)OC(C)(C)C)C(O)C(O)C3NC(=O)OC(C)(C)C)[C@@H]2O)C(NC(=O)OC(C)(C)C)C(O)C1O. The maximum Gasteiger partial charge on any atom is 0.408 e. The van der Waals surface area contributed by atoms with E-state index in [4.69, 9.17) is 52.1 Å². The van der Waals surface area contributed by atoms with Gasteiger partial charge in [0.2, 0.25) is 0 Å². The number of thiol groups is 1. The summed E-state index contributed by atoms with van der Waals surface area (Å²) in [5, 5.41) is 83.3. The van der Waals surface area contributed by atoms with Crippen molar-refractivity contribution in [2.24, 2.45) is 0 Å². The second-order valence-electron chi connectivity index (χ2n) is 24.5. The molecule has 0 aromatic heterocycles. The Hall–Kier alpha value is -2.95. The summed E-state index contributed by atoms with van der Waals surface area (Å²) >= 11 is 9.06. The summed E-state index contributed by atoms with van der Waals surface area (Å²) in [6.45, 7) is 23.4. The molecule has 0 bridgehead atoms. The van der Waals surface area contributed by atoms with Gasteiger partial charge in [-0.3, -0.25) is 0 Å². The largest absolute Gasteiger partial charge is 0.444 e. The monoisotopic (exact) mass is 1240 g/mol. The lowest BCUT2D eigenvalue weighted by atomic mass is 9.86. The normalized spacial score (nSPS) is 34.6. The predicted molar refractivity (Wildman–Crippen MR) is 288 cm³/mol. The Morgan fingerprint density at radius 2 is 0.835 bits per heavy atom. The highest BCUT2D eigenvalue weighted by Crippen LogP contribution is 2.38. The first kappa shape index (κ1) is 68.5. The van der Waals surface area contributed by atoms with Gasteiger partial charge >= 0.3 is 30.5 Å². The number of rotatable bonds is 16. The first-order chi connectivity index (χ1) is 36.2. The standard InChI is InChI=1S/C49H86BrN5O22S2/c1-45(2,3)73-40(62)51-17-23-29(57)31(59)26(54-43(65)76-48(10,11)12)37(67-23)70-34-22(53-42(64)75-47(7,8)9)16-21(50)28(56)36(34)72-39-33(61)35(25(69-39)19-79-20-78)71-38-27(55-44(66)77-49(13,14)15)32(60)30(58)24(68-38)18-52-41(63)74-46(4,5)6/h21-39,56-61,78H,16-20H2,1-15H3,(H,51,62)(H,52,63)(H,53,64)(H,54,65)(H,55,66)/t21?,22?,23?,24?,25-,26?,27?,28?,29?,30?,31?,32?,33+,34?,35?,36?,37?,38?,39+/m1/s1. The van der Waals surface area contributed by atoms with Crippen molar-refractivity contribution in [1.82, 2.24) is 26.6 Å². The van der Waals surface area contributed by atoms with E-state index in [0.717, 1.165) is 0 Å². The highest BCUT2D eigenvalue weighted by molar-refractivity contribution is 9.09. The molecule has 3 aliphatic heterocycles. The van der Waals surface area contributed by atoms with Gasteiger partial charge in [0, 0.05) is 28.8 Å². The average Bonchev–Trinajstić information content (AvgIpc) is 3.57. The summed E-state index contributed by atoms with van der Waals surface area (Å²) in [5.74, 6) is 0.0562. The van der Waals surface area contributed by atoms with Crippen molar-refractivity contribution in [1.29, 1.82) is 0 Å². The van der Waals surface area contributed by atoms with Crippen LogP contribution in [0.2, 0.25) is 0 Å². The van der Waals surface area contributed by atoms with E-state index in [-0.39, 0.29) is 17.3 Å². The van der Waals surface area contributed by atoms with Gasteiger partial charge in [0.25, 0.3) is 0 Å². The van der Waals surface area contributed by atoms with Gasteiger partial charge < -0.3 is 109 Å². The minimum absolute atomic E-state index is 0.0562. The second kappa shape index (κ2) is 28.1. The minimum atomic E-state index is -1.89. The third-order valence-electron chi connectivity index (χ3n) is 11.6. The van der Waals surface area contributed by atoms with Gasteiger partial charge in [-0.25, -0.2) is 24.0 Å². The lowest BCUT2D eigenvalue weighted by Gasteiger charge is -2.48. The number of aliphatic hydroxyl groups excluding tert-OH is 6. The highest BCUT2D eigenvalue weighted by Gasteiger charge is 2.57. The smallest absolute Gasteiger partial charge is 0.408 e. The fourth-order valence-corrected chi connectivity index (χ4v) is 10.1. The van der Waals surface area contributed by atoms with E-state index < -0.39 is 187 Å². The fourth-order valence-electron chi connectivity index (χ4n) is 8.45. The molecule has 3 saturated heterocycles. The fraction of sp³-hybridized carbons (Fsp3) is 0.898. The Morgan fingerprint density at radius 1 is 0.481 bits per heavy atom. The van der Waals surface area contributed by atoms with Crippen molar-refractivity contribution >= 4 is 70.8 Å². The number of ether oxygens (including phenoxy) is 11. The molecule has 3 heterocycles. The zero-order chi connectivity index (χ0) is 59.9. The molecule has 19 atom stereocenters.